The minimum atomic E-state index is -4.47. The number of hydrogen-bond acceptors (Lipinski definition) is 4. The predicted molar refractivity (Wildman–Crippen MR) is 87.2 cm³/mol. The van der Waals surface area contributed by atoms with E-state index in [1.807, 2.05) is 27.7 Å². The molecule has 126 valence electrons. The zero-order chi connectivity index (χ0) is 17.5. The van der Waals surface area contributed by atoms with Gasteiger partial charge in [-0.25, -0.2) is 0 Å². The van der Waals surface area contributed by atoms with Crippen LogP contribution in [0.5, 0.6) is 0 Å². The van der Waals surface area contributed by atoms with Crippen LogP contribution < -0.4 is 0 Å². The summed E-state index contributed by atoms with van der Waals surface area (Å²) in [5.74, 6) is 0.199. The van der Waals surface area contributed by atoms with Gasteiger partial charge >= 0.3 is 13.3 Å². The molecule has 3 nitrogen and oxygen atoms in total. The topological polar surface area (TPSA) is 31.4 Å². The van der Waals surface area contributed by atoms with Crippen LogP contribution >= 0.6 is 12.6 Å². The summed E-state index contributed by atoms with van der Waals surface area (Å²) in [6.45, 7) is 7.52. The second-order valence-electron chi connectivity index (χ2n) is 6.40. The summed E-state index contributed by atoms with van der Waals surface area (Å²) in [6, 6.07) is 2.26. The summed E-state index contributed by atoms with van der Waals surface area (Å²) >= 11 is 4.20. The number of halogens is 3. The molecule has 23 heavy (non-hydrogen) atoms. The van der Waals surface area contributed by atoms with Crippen LogP contribution in [0.1, 0.15) is 39.0 Å². The van der Waals surface area contributed by atoms with Crippen molar-refractivity contribution in [2.75, 3.05) is 5.75 Å². The van der Waals surface area contributed by atoms with Gasteiger partial charge < -0.3 is 9.31 Å². The quantitative estimate of drug-likeness (QED) is 0.663. The lowest BCUT2D eigenvalue weighted by Gasteiger charge is -2.32. The summed E-state index contributed by atoms with van der Waals surface area (Å²) in [6.07, 6.45) is -1.81. The molecule has 1 fully saturated rings. The minimum Gasteiger partial charge on any atom is -0.400 e. The van der Waals surface area contributed by atoms with Crippen LogP contribution in [0.25, 0.3) is 6.08 Å². The highest BCUT2D eigenvalue weighted by Gasteiger charge is 2.52. The first kappa shape index (κ1) is 18.4. The van der Waals surface area contributed by atoms with E-state index < -0.39 is 30.1 Å². The van der Waals surface area contributed by atoms with E-state index in [1.165, 1.54) is 18.3 Å². The molecule has 0 N–H and O–H groups in total. The van der Waals surface area contributed by atoms with Crippen molar-refractivity contribution >= 4 is 25.8 Å². The fraction of sp³-hybridized carbons (Fsp3) is 0.533. The van der Waals surface area contributed by atoms with Gasteiger partial charge in [-0.05, 0) is 51.4 Å². The molecule has 2 rings (SSSR count). The first-order valence-corrected chi connectivity index (χ1v) is 7.80. The molecule has 0 radical (unpaired) electrons. The van der Waals surface area contributed by atoms with Crippen LogP contribution in [-0.4, -0.2) is 29.1 Å². The van der Waals surface area contributed by atoms with Gasteiger partial charge in [0.2, 0.25) is 0 Å². The molecule has 2 heterocycles. The van der Waals surface area contributed by atoms with Crippen molar-refractivity contribution < 1.29 is 22.5 Å². The van der Waals surface area contributed by atoms with Crippen LogP contribution in [0.4, 0.5) is 13.2 Å². The van der Waals surface area contributed by atoms with Crippen LogP contribution in [0, 0.1) is 0 Å². The minimum absolute atomic E-state index is 0.168. The Hall–Kier alpha value is -0.985. The van der Waals surface area contributed by atoms with Crippen molar-refractivity contribution in [3.63, 3.8) is 0 Å². The van der Waals surface area contributed by atoms with Crippen LogP contribution in [-0.2, 0) is 15.5 Å². The summed E-state index contributed by atoms with van der Waals surface area (Å²) in [5.41, 5.74) is -1.61. The van der Waals surface area contributed by atoms with Crippen LogP contribution in [0.2, 0.25) is 0 Å². The van der Waals surface area contributed by atoms with Gasteiger partial charge in [-0.15, -0.1) is 0 Å². The highest BCUT2D eigenvalue weighted by molar-refractivity contribution is 7.80. The van der Waals surface area contributed by atoms with E-state index in [4.69, 9.17) is 9.31 Å². The zero-order valence-corrected chi connectivity index (χ0v) is 14.3. The van der Waals surface area contributed by atoms with E-state index >= 15 is 0 Å². The Morgan fingerprint density at radius 2 is 1.83 bits per heavy atom. The highest BCUT2D eigenvalue weighted by atomic mass is 32.1. The zero-order valence-electron chi connectivity index (χ0n) is 13.4. The van der Waals surface area contributed by atoms with E-state index in [0.717, 1.165) is 6.07 Å². The maximum atomic E-state index is 13.1. The molecule has 0 bridgehead atoms. The van der Waals surface area contributed by atoms with E-state index in [0.29, 0.717) is 5.47 Å². The molecular weight excluding hydrogens is 326 g/mol. The number of aromatic nitrogens is 1. The van der Waals surface area contributed by atoms with Gasteiger partial charge in [-0.3, -0.25) is 4.98 Å². The summed E-state index contributed by atoms with van der Waals surface area (Å²) in [4.78, 5) is 3.84. The Kier molecular flexibility index (Phi) is 4.90. The average molecular weight is 345 g/mol. The lowest BCUT2D eigenvalue weighted by atomic mass is 9.78. The Morgan fingerprint density at radius 1 is 1.26 bits per heavy atom. The maximum Gasteiger partial charge on any atom is 0.491 e. The van der Waals surface area contributed by atoms with Gasteiger partial charge in [-0.2, -0.15) is 25.8 Å². The van der Waals surface area contributed by atoms with Crippen molar-refractivity contribution in [1.82, 2.24) is 4.98 Å². The molecule has 0 unspecified atom stereocenters. The van der Waals surface area contributed by atoms with Crippen molar-refractivity contribution in [3.05, 3.63) is 35.1 Å². The predicted octanol–water partition coefficient (Wildman–Crippen LogP) is 4.05. The SMILES string of the molecule is CC1(C)OB(C(=Cc2ncccc2C(F)(F)F)CS)OC1(C)C. The molecule has 0 amide bonds. The van der Waals surface area contributed by atoms with Gasteiger partial charge in [0.15, 0.2) is 0 Å². The normalized spacial score (nSPS) is 20.9. The lowest BCUT2D eigenvalue weighted by molar-refractivity contribution is -0.138. The molecule has 8 heteroatoms. The van der Waals surface area contributed by atoms with E-state index in [2.05, 4.69) is 17.6 Å². The van der Waals surface area contributed by atoms with Crippen LogP contribution in [0.3, 0.4) is 0 Å². The summed E-state index contributed by atoms with van der Waals surface area (Å²) in [5, 5.41) is 0. The number of nitrogens with zero attached hydrogens (tertiary/aromatic N) is 1. The van der Waals surface area contributed by atoms with Crippen molar-refractivity contribution in [2.45, 2.75) is 45.1 Å². The summed E-state index contributed by atoms with van der Waals surface area (Å²) in [7, 11) is -0.749. The molecule has 1 saturated heterocycles. The second-order valence-corrected chi connectivity index (χ2v) is 6.72. The monoisotopic (exact) mass is 345 g/mol. The number of rotatable bonds is 3. The molecule has 1 aromatic rings. The first-order chi connectivity index (χ1) is 10.5. The number of pyridine rings is 1. The van der Waals surface area contributed by atoms with Crippen molar-refractivity contribution in [1.29, 1.82) is 0 Å². The Balaban J connectivity index is 2.39. The third-order valence-electron chi connectivity index (χ3n) is 4.20. The first-order valence-electron chi connectivity index (χ1n) is 7.17. The molecule has 0 spiro atoms. The van der Waals surface area contributed by atoms with E-state index in [-0.39, 0.29) is 11.4 Å². The van der Waals surface area contributed by atoms with Crippen molar-refractivity contribution in [3.8, 4) is 0 Å². The number of alkyl halides is 3. The molecule has 1 aromatic heterocycles. The van der Waals surface area contributed by atoms with Crippen LogP contribution in [0.15, 0.2) is 23.8 Å². The fourth-order valence-corrected chi connectivity index (χ4v) is 2.37. The van der Waals surface area contributed by atoms with Gasteiger partial charge in [0.05, 0.1) is 22.5 Å². The Bertz CT molecular complexity index is 601. The molecule has 0 aromatic carbocycles. The molecule has 1 aliphatic heterocycles. The number of thiol groups is 1. The highest BCUT2D eigenvalue weighted by Crippen LogP contribution is 2.39. The number of hydrogen-bond donors (Lipinski definition) is 1. The summed E-state index contributed by atoms with van der Waals surface area (Å²) < 4.78 is 51.0. The second kappa shape index (κ2) is 6.14. The average Bonchev–Trinajstić information content (AvgIpc) is 2.64. The lowest BCUT2D eigenvalue weighted by Crippen LogP contribution is -2.41. The van der Waals surface area contributed by atoms with E-state index in [9.17, 15) is 13.2 Å². The molecule has 0 aliphatic carbocycles. The fourth-order valence-electron chi connectivity index (χ4n) is 2.13. The van der Waals surface area contributed by atoms with Gasteiger partial charge in [0.1, 0.15) is 0 Å². The third-order valence-corrected chi connectivity index (χ3v) is 4.57. The van der Waals surface area contributed by atoms with Gasteiger partial charge in [0, 0.05) is 11.9 Å². The molecule has 1 aliphatic rings. The van der Waals surface area contributed by atoms with Gasteiger partial charge in [0.25, 0.3) is 0 Å². The van der Waals surface area contributed by atoms with Gasteiger partial charge in [-0.1, -0.05) is 0 Å². The Labute approximate surface area is 139 Å². The van der Waals surface area contributed by atoms with Crippen molar-refractivity contribution in [2.24, 2.45) is 0 Å². The molecule has 0 atom stereocenters. The standard InChI is InChI=1S/C15H19BF3NO2S/c1-13(2)14(3,4)22-16(21-13)10(9-23)8-12-11(15(17,18)19)6-5-7-20-12/h5-8,23H,9H2,1-4H3. The molecule has 0 saturated carbocycles. The maximum absolute atomic E-state index is 13.1. The smallest absolute Gasteiger partial charge is 0.400 e. The Morgan fingerprint density at radius 3 is 2.30 bits per heavy atom. The molecular formula is C15H19BF3NO2S. The van der Waals surface area contributed by atoms with E-state index in [1.54, 1.807) is 0 Å². The third kappa shape index (κ3) is 3.75. The largest absolute Gasteiger partial charge is 0.491 e.